The van der Waals surface area contributed by atoms with Crippen LogP contribution in [0.1, 0.15) is 7.43 Å². The van der Waals surface area contributed by atoms with Gasteiger partial charge in [-0.25, -0.2) is 4.79 Å². The van der Waals surface area contributed by atoms with E-state index in [0.717, 1.165) is 6.08 Å². The lowest BCUT2D eigenvalue weighted by Crippen LogP contribution is -1.82. The molecule has 0 aliphatic rings. The van der Waals surface area contributed by atoms with Gasteiger partial charge in [0, 0.05) is 6.08 Å². The molecule has 0 aliphatic heterocycles. The second kappa shape index (κ2) is 8.95. The molecule has 0 atom stereocenters. The normalized spacial score (nSPS) is 4.57. The molecule has 3 heteroatoms. The van der Waals surface area contributed by atoms with E-state index in [1.807, 2.05) is 0 Å². The molecule has 44 valence electrons. The van der Waals surface area contributed by atoms with Crippen molar-refractivity contribution in [2.45, 2.75) is 7.43 Å². The SMILES string of the molecule is C.C=CC(=O)O.N. The van der Waals surface area contributed by atoms with Crippen molar-refractivity contribution in [3.63, 3.8) is 0 Å². The number of carboxylic acid groups (broad SMARTS) is 1. The van der Waals surface area contributed by atoms with Crippen molar-refractivity contribution in [3.8, 4) is 0 Å². The van der Waals surface area contributed by atoms with Gasteiger partial charge in [0.25, 0.3) is 0 Å². The third-order valence-corrected chi connectivity index (χ3v) is 0.175. The minimum Gasteiger partial charge on any atom is -0.478 e. The molecule has 0 saturated heterocycles. The Labute approximate surface area is 43.2 Å². The minimum atomic E-state index is -0.981. The molecule has 0 radical (unpaired) electrons. The van der Waals surface area contributed by atoms with Gasteiger partial charge in [-0.05, 0) is 0 Å². The van der Waals surface area contributed by atoms with Crippen molar-refractivity contribution in [2.24, 2.45) is 0 Å². The molecular weight excluding hydrogens is 94.0 g/mol. The average molecular weight is 105 g/mol. The molecular formula is C4H11NO2. The predicted octanol–water partition coefficient (Wildman–Crippen LogP) is 1.06. The van der Waals surface area contributed by atoms with Crippen LogP contribution in [0.25, 0.3) is 0 Å². The van der Waals surface area contributed by atoms with Crippen LogP contribution in [0.2, 0.25) is 0 Å². The van der Waals surface area contributed by atoms with E-state index in [9.17, 15) is 4.79 Å². The van der Waals surface area contributed by atoms with Gasteiger partial charge in [-0.1, -0.05) is 14.0 Å². The molecule has 4 N–H and O–H groups in total. The second-order valence-electron chi connectivity index (χ2n) is 0.542. The Hall–Kier alpha value is -0.830. The van der Waals surface area contributed by atoms with Crippen LogP contribution in [-0.4, -0.2) is 11.1 Å². The van der Waals surface area contributed by atoms with Crippen molar-refractivity contribution in [2.75, 3.05) is 0 Å². The Bertz CT molecular complexity index is 60.7. The minimum absolute atomic E-state index is 0. The van der Waals surface area contributed by atoms with Crippen molar-refractivity contribution < 1.29 is 9.90 Å². The van der Waals surface area contributed by atoms with Gasteiger partial charge >= 0.3 is 5.97 Å². The van der Waals surface area contributed by atoms with Gasteiger partial charge in [0.1, 0.15) is 0 Å². The summed E-state index contributed by atoms with van der Waals surface area (Å²) in [7, 11) is 0. The van der Waals surface area contributed by atoms with Gasteiger partial charge in [-0.15, -0.1) is 0 Å². The zero-order chi connectivity index (χ0) is 4.28. The Morgan fingerprint density at radius 1 is 1.71 bits per heavy atom. The summed E-state index contributed by atoms with van der Waals surface area (Å²) in [5, 5.41) is 7.60. The van der Waals surface area contributed by atoms with E-state index in [-0.39, 0.29) is 13.6 Å². The third-order valence-electron chi connectivity index (χ3n) is 0.175. The van der Waals surface area contributed by atoms with E-state index in [1.54, 1.807) is 0 Å². The van der Waals surface area contributed by atoms with E-state index >= 15 is 0 Å². The van der Waals surface area contributed by atoms with Crippen molar-refractivity contribution in [3.05, 3.63) is 12.7 Å². The summed E-state index contributed by atoms with van der Waals surface area (Å²) in [5.41, 5.74) is 0. The lowest BCUT2D eigenvalue weighted by molar-refractivity contribution is -0.131. The molecule has 0 aliphatic carbocycles. The van der Waals surface area contributed by atoms with Crippen molar-refractivity contribution >= 4 is 5.97 Å². The largest absolute Gasteiger partial charge is 0.478 e. The summed E-state index contributed by atoms with van der Waals surface area (Å²) in [5.74, 6) is -0.981. The molecule has 0 aromatic rings. The number of aliphatic carboxylic acids is 1. The topological polar surface area (TPSA) is 72.3 Å². The molecule has 0 bridgehead atoms. The average Bonchev–Trinajstić information content (AvgIpc) is 1.38. The number of carbonyl (C=O) groups is 1. The van der Waals surface area contributed by atoms with E-state index in [4.69, 9.17) is 5.11 Å². The van der Waals surface area contributed by atoms with Gasteiger partial charge in [0.15, 0.2) is 0 Å². The Balaban J connectivity index is -0.0000000800. The zero-order valence-corrected chi connectivity index (χ0v) is 3.35. The first kappa shape index (κ1) is 16.4. The van der Waals surface area contributed by atoms with Crippen LogP contribution >= 0.6 is 0 Å². The van der Waals surface area contributed by atoms with Crippen LogP contribution in [0.15, 0.2) is 12.7 Å². The highest BCUT2D eigenvalue weighted by atomic mass is 16.4. The fourth-order valence-electron chi connectivity index (χ4n) is 0. The lowest BCUT2D eigenvalue weighted by atomic mass is 10.7. The van der Waals surface area contributed by atoms with Crippen LogP contribution in [0, 0.1) is 0 Å². The van der Waals surface area contributed by atoms with Crippen LogP contribution in [-0.2, 0) is 4.79 Å². The number of carboxylic acids is 1. The number of hydrogen-bond acceptors (Lipinski definition) is 2. The van der Waals surface area contributed by atoms with Gasteiger partial charge in [0.2, 0.25) is 0 Å². The van der Waals surface area contributed by atoms with Gasteiger partial charge in [-0.2, -0.15) is 0 Å². The monoisotopic (exact) mass is 105 g/mol. The fraction of sp³-hybridized carbons (Fsp3) is 0.250. The molecule has 0 unspecified atom stereocenters. The lowest BCUT2D eigenvalue weighted by Gasteiger charge is -1.64. The zero-order valence-electron chi connectivity index (χ0n) is 3.35. The summed E-state index contributed by atoms with van der Waals surface area (Å²) in [6, 6.07) is 0. The summed E-state index contributed by atoms with van der Waals surface area (Å²) >= 11 is 0. The van der Waals surface area contributed by atoms with Crippen LogP contribution in [0.4, 0.5) is 0 Å². The van der Waals surface area contributed by atoms with E-state index in [1.165, 1.54) is 0 Å². The van der Waals surface area contributed by atoms with E-state index in [2.05, 4.69) is 6.58 Å². The number of hydrogen-bond donors (Lipinski definition) is 2. The first-order valence-corrected chi connectivity index (χ1v) is 1.12. The van der Waals surface area contributed by atoms with Gasteiger partial charge in [-0.3, -0.25) is 0 Å². The van der Waals surface area contributed by atoms with Crippen molar-refractivity contribution in [1.82, 2.24) is 6.15 Å². The van der Waals surface area contributed by atoms with E-state index < -0.39 is 5.97 Å². The Kier molecular flexibility index (Phi) is 21.0. The van der Waals surface area contributed by atoms with Crippen LogP contribution in [0.3, 0.4) is 0 Å². The standard InChI is InChI=1S/C3H4O2.CH4.H3N/c1-2-3(4)5;;/h2H,1H2,(H,4,5);1H4;1H3. The maximum Gasteiger partial charge on any atom is 0.327 e. The van der Waals surface area contributed by atoms with Crippen molar-refractivity contribution in [1.29, 1.82) is 0 Å². The molecule has 0 aromatic carbocycles. The third kappa shape index (κ3) is 38.0. The highest BCUT2D eigenvalue weighted by Gasteiger charge is 1.73. The highest BCUT2D eigenvalue weighted by molar-refractivity contribution is 5.78. The van der Waals surface area contributed by atoms with Crippen LogP contribution < -0.4 is 6.15 Å². The Morgan fingerprint density at radius 2 is 1.86 bits per heavy atom. The number of rotatable bonds is 1. The fourth-order valence-corrected chi connectivity index (χ4v) is 0. The first-order chi connectivity index (χ1) is 2.27. The maximum atomic E-state index is 9.25. The summed E-state index contributed by atoms with van der Waals surface area (Å²) < 4.78 is 0. The van der Waals surface area contributed by atoms with E-state index in [0.29, 0.717) is 0 Å². The molecule has 7 heavy (non-hydrogen) atoms. The maximum absolute atomic E-state index is 9.25. The molecule has 3 nitrogen and oxygen atoms in total. The highest BCUT2D eigenvalue weighted by Crippen LogP contribution is 1.54. The molecule has 0 heterocycles. The molecule has 0 saturated carbocycles. The smallest absolute Gasteiger partial charge is 0.327 e. The summed E-state index contributed by atoms with van der Waals surface area (Å²) in [6.45, 7) is 2.96. The predicted molar refractivity (Wildman–Crippen MR) is 29.6 cm³/mol. The first-order valence-electron chi connectivity index (χ1n) is 1.12. The summed E-state index contributed by atoms with van der Waals surface area (Å²) in [4.78, 5) is 9.25. The van der Waals surface area contributed by atoms with Crippen LogP contribution in [0.5, 0.6) is 0 Å². The van der Waals surface area contributed by atoms with Gasteiger partial charge < -0.3 is 11.3 Å². The second-order valence-corrected chi connectivity index (χ2v) is 0.542. The quantitative estimate of drug-likeness (QED) is 0.489. The molecule has 0 spiro atoms. The molecule has 0 fully saturated rings. The van der Waals surface area contributed by atoms with Gasteiger partial charge in [0.05, 0.1) is 0 Å². The molecule has 0 amide bonds. The molecule has 0 rings (SSSR count). The summed E-state index contributed by atoms with van der Waals surface area (Å²) in [6.07, 6.45) is 0.833. The Morgan fingerprint density at radius 3 is 1.86 bits per heavy atom. The molecule has 0 aromatic heterocycles.